The van der Waals surface area contributed by atoms with Crippen LogP contribution in [0.4, 0.5) is 11.4 Å². The minimum Gasteiger partial charge on any atom is -0.397 e. The second-order valence-corrected chi connectivity index (χ2v) is 2.20. The Labute approximate surface area is 59.4 Å². The molecule has 0 unspecified atom stereocenters. The largest absolute Gasteiger partial charge is 0.397 e. The van der Waals surface area contributed by atoms with Crippen molar-refractivity contribution in [3.05, 3.63) is 23.8 Å². The minimum absolute atomic E-state index is 0.549. The molecule has 54 valence electrons. The fourth-order valence-electron chi connectivity index (χ4n) is 0.767. The Hall–Kier alpha value is -1.22. The Morgan fingerprint density at radius 1 is 1.50 bits per heavy atom. The number of benzene rings is 1. The van der Waals surface area contributed by atoms with Crippen LogP contribution in [0.15, 0.2) is 18.2 Å². The molecule has 10 heavy (non-hydrogen) atoms. The highest BCUT2D eigenvalue weighted by atomic mass is 16.5. The summed E-state index contributed by atoms with van der Waals surface area (Å²) in [7, 11) is 0. The normalized spacial score (nSPS) is 9.40. The highest BCUT2D eigenvalue weighted by Gasteiger charge is 1.94. The van der Waals surface area contributed by atoms with Gasteiger partial charge in [-0.05, 0) is 24.6 Å². The maximum absolute atomic E-state index is 8.51. The van der Waals surface area contributed by atoms with Gasteiger partial charge in [-0.1, -0.05) is 6.07 Å². The molecule has 3 heteroatoms. The van der Waals surface area contributed by atoms with Gasteiger partial charge in [0.25, 0.3) is 0 Å². The van der Waals surface area contributed by atoms with Gasteiger partial charge >= 0.3 is 0 Å². The Balaban J connectivity index is 3.09. The molecule has 0 bridgehead atoms. The first-order valence-electron chi connectivity index (χ1n) is 3.00. The molecule has 0 atom stereocenters. The molecule has 0 aliphatic carbocycles. The molecule has 0 radical (unpaired) electrons. The van der Waals surface area contributed by atoms with Crippen molar-refractivity contribution in [3.63, 3.8) is 0 Å². The third-order valence-corrected chi connectivity index (χ3v) is 1.33. The van der Waals surface area contributed by atoms with Crippen LogP contribution in [0.1, 0.15) is 5.56 Å². The fraction of sp³-hybridized carbons (Fsp3) is 0.143. The van der Waals surface area contributed by atoms with E-state index in [1.165, 1.54) is 0 Å². The second-order valence-electron chi connectivity index (χ2n) is 2.20. The van der Waals surface area contributed by atoms with Crippen molar-refractivity contribution < 1.29 is 5.21 Å². The van der Waals surface area contributed by atoms with Crippen LogP contribution in [0.25, 0.3) is 0 Å². The summed E-state index contributed by atoms with van der Waals surface area (Å²) in [5.74, 6) is 0. The summed E-state index contributed by atoms with van der Waals surface area (Å²) in [6.07, 6.45) is 0. The van der Waals surface area contributed by atoms with Crippen molar-refractivity contribution in [3.8, 4) is 0 Å². The van der Waals surface area contributed by atoms with Gasteiger partial charge in [0.05, 0.1) is 11.4 Å². The highest BCUT2D eigenvalue weighted by Crippen LogP contribution is 2.17. The maximum Gasteiger partial charge on any atom is 0.0833 e. The van der Waals surface area contributed by atoms with E-state index in [-0.39, 0.29) is 0 Å². The van der Waals surface area contributed by atoms with Gasteiger partial charge in [0, 0.05) is 0 Å². The lowest BCUT2D eigenvalue weighted by molar-refractivity contribution is 0.389. The Morgan fingerprint density at radius 2 is 2.20 bits per heavy atom. The number of aryl methyl sites for hydroxylation is 1. The lowest BCUT2D eigenvalue weighted by Crippen LogP contribution is -1.95. The van der Waals surface area contributed by atoms with Crippen molar-refractivity contribution >= 4 is 11.4 Å². The van der Waals surface area contributed by atoms with E-state index in [2.05, 4.69) is 0 Å². The van der Waals surface area contributed by atoms with Crippen LogP contribution in [0.3, 0.4) is 0 Å². The molecule has 0 aliphatic rings. The van der Waals surface area contributed by atoms with Gasteiger partial charge in [0.2, 0.25) is 0 Å². The van der Waals surface area contributed by atoms with Crippen molar-refractivity contribution in [1.29, 1.82) is 0 Å². The summed E-state index contributed by atoms with van der Waals surface area (Å²) in [5, 5.41) is 8.51. The Kier molecular flexibility index (Phi) is 1.78. The maximum atomic E-state index is 8.51. The molecule has 0 aliphatic heterocycles. The van der Waals surface area contributed by atoms with E-state index in [1.54, 1.807) is 12.1 Å². The van der Waals surface area contributed by atoms with E-state index >= 15 is 0 Å². The van der Waals surface area contributed by atoms with Crippen LogP contribution in [-0.4, -0.2) is 5.21 Å². The van der Waals surface area contributed by atoms with Gasteiger partial charge in [0.15, 0.2) is 0 Å². The average Bonchev–Trinajstić information content (AvgIpc) is 1.94. The summed E-state index contributed by atoms with van der Waals surface area (Å²) in [6, 6.07) is 5.40. The van der Waals surface area contributed by atoms with Gasteiger partial charge in [0.1, 0.15) is 0 Å². The van der Waals surface area contributed by atoms with Crippen molar-refractivity contribution in [2.45, 2.75) is 6.92 Å². The number of nitrogen functional groups attached to an aromatic ring is 1. The number of nitrogens with two attached hydrogens (primary N) is 1. The van der Waals surface area contributed by atoms with Crippen LogP contribution >= 0.6 is 0 Å². The number of hydrogen-bond acceptors (Lipinski definition) is 3. The van der Waals surface area contributed by atoms with Crippen LogP contribution < -0.4 is 11.2 Å². The molecule has 1 aromatic rings. The van der Waals surface area contributed by atoms with E-state index in [1.807, 2.05) is 18.5 Å². The van der Waals surface area contributed by atoms with Gasteiger partial charge < -0.3 is 5.73 Å². The molecule has 1 aromatic carbocycles. The molecule has 4 N–H and O–H groups in total. The zero-order valence-electron chi connectivity index (χ0n) is 5.76. The highest BCUT2D eigenvalue weighted by molar-refractivity contribution is 5.65. The van der Waals surface area contributed by atoms with Gasteiger partial charge in [-0.2, -0.15) is 0 Å². The molecule has 0 fully saturated rings. The molecule has 3 nitrogen and oxygen atoms in total. The average molecular weight is 138 g/mol. The molecule has 0 aromatic heterocycles. The number of rotatable bonds is 1. The van der Waals surface area contributed by atoms with Crippen molar-refractivity contribution in [2.24, 2.45) is 0 Å². The lowest BCUT2D eigenvalue weighted by atomic mass is 10.2. The summed E-state index contributed by atoms with van der Waals surface area (Å²) in [5.41, 5.74) is 9.65. The van der Waals surface area contributed by atoms with Crippen LogP contribution in [-0.2, 0) is 0 Å². The third-order valence-electron chi connectivity index (χ3n) is 1.33. The van der Waals surface area contributed by atoms with Gasteiger partial charge in [-0.25, -0.2) is 0 Å². The third kappa shape index (κ3) is 1.19. The summed E-state index contributed by atoms with van der Waals surface area (Å²) in [6.45, 7) is 1.93. The first-order valence-corrected chi connectivity index (χ1v) is 3.00. The van der Waals surface area contributed by atoms with Gasteiger partial charge in [-0.15, -0.1) is 0 Å². The second kappa shape index (κ2) is 2.58. The molecular weight excluding hydrogens is 128 g/mol. The summed E-state index contributed by atoms with van der Waals surface area (Å²) < 4.78 is 0. The van der Waals surface area contributed by atoms with Crippen molar-refractivity contribution in [1.82, 2.24) is 0 Å². The summed E-state index contributed by atoms with van der Waals surface area (Å²) >= 11 is 0. The van der Waals surface area contributed by atoms with E-state index in [9.17, 15) is 0 Å². The molecule has 0 spiro atoms. The quantitative estimate of drug-likeness (QED) is 0.406. The van der Waals surface area contributed by atoms with Crippen LogP contribution in [0.2, 0.25) is 0 Å². The first kappa shape index (κ1) is 6.89. The van der Waals surface area contributed by atoms with E-state index in [0.29, 0.717) is 11.4 Å². The number of nitrogens with one attached hydrogen (secondary N) is 1. The fourth-order valence-corrected chi connectivity index (χ4v) is 0.767. The molecule has 0 saturated heterocycles. The first-order chi connectivity index (χ1) is 4.74. The monoisotopic (exact) mass is 138 g/mol. The lowest BCUT2D eigenvalue weighted by Gasteiger charge is -2.02. The van der Waals surface area contributed by atoms with Crippen LogP contribution in [0.5, 0.6) is 0 Å². The Bertz CT molecular complexity index is 235. The topological polar surface area (TPSA) is 58.3 Å². The summed E-state index contributed by atoms with van der Waals surface area (Å²) in [4.78, 5) is 0. The van der Waals surface area contributed by atoms with E-state index < -0.39 is 0 Å². The smallest absolute Gasteiger partial charge is 0.0833 e. The number of hydrogen-bond donors (Lipinski definition) is 3. The number of anilines is 2. The predicted molar refractivity (Wildman–Crippen MR) is 41.0 cm³/mol. The standard InChI is InChI=1S/C7H10N2O/c1-5-2-3-6(8)7(4-5)9-10/h2-4,9-10H,8H2,1H3. The SMILES string of the molecule is Cc1ccc(N)c(NO)c1. The zero-order chi connectivity index (χ0) is 7.56. The predicted octanol–water partition coefficient (Wildman–Crippen LogP) is 1.38. The van der Waals surface area contributed by atoms with Crippen LogP contribution in [0, 0.1) is 6.92 Å². The molecule has 0 saturated carbocycles. The van der Waals surface area contributed by atoms with E-state index in [4.69, 9.17) is 10.9 Å². The van der Waals surface area contributed by atoms with Gasteiger partial charge in [-0.3, -0.25) is 10.7 Å². The molecule has 0 heterocycles. The minimum atomic E-state index is 0.549. The van der Waals surface area contributed by atoms with Crippen molar-refractivity contribution in [2.75, 3.05) is 11.2 Å². The zero-order valence-corrected chi connectivity index (χ0v) is 5.76. The molecule has 1 rings (SSSR count). The van der Waals surface area contributed by atoms with E-state index in [0.717, 1.165) is 5.56 Å². The molecular formula is C7H10N2O. The Morgan fingerprint density at radius 3 is 2.70 bits per heavy atom. The molecule has 0 amide bonds.